The summed E-state index contributed by atoms with van der Waals surface area (Å²) in [7, 11) is -1.86. The van der Waals surface area contributed by atoms with Gasteiger partial charge in [-0.15, -0.1) is 0 Å². The van der Waals surface area contributed by atoms with E-state index in [2.05, 4.69) is 0 Å². The van der Waals surface area contributed by atoms with E-state index in [-0.39, 0.29) is 0 Å². The molecule has 6 nitrogen and oxygen atoms in total. The average Bonchev–Trinajstić information content (AvgIpc) is 2.22. The molecule has 0 aliphatic heterocycles. The first-order valence-electron chi connectivity index (χ1n) is 6.14. The van der Waals surface area contributed by atoms with Crippen LogP contribution in [0.3, 0.4) is 0 Å². The summed E-state index contributed by atoms with van der Waals surface area (Å²) in [5.74, 6) is -0.460. The second kappa shape index (κ2) is 7.95. The molecule has 0 aliphatic rings. The number of rotatable bonds is 7. The molecule has 19 heavy (non-hydrogen) atoms. The largest absolute Gasteiger partial charge is 0.463 e. The van der Waals surface area contributed by atoms with Crippen molar-refractivity contribution in [2.45, 2.75) is 45.7 Å². The van der Waals surface area contributed by atoms with Crippen LogP contribution in [0.4, 0.5) is 4.79 Å². The molecule has 0 bridgehead atoms. The van der Waals surface area contributed by atoms with Gasteiger partial charge in [-0.05, 0) is 39.6 Å². The molecule has 0 saturated heterocycles. The second-order valence-corrected chi connectivity index (χ2v) is 9.41. The molecule has 0 aliphatic carbocycles. The number of hydrogen-bond donors (Lipinski definition) is 1. The van der Waals surface area contributed by atoms with Gasteiger partial charge in [-0.25, -0.2) is 9.59 Å². The first-order valence-corrected chi connectivity index (χ1v) is 9.55. The van der Waals surface area contributed by atoms with E-state index in [1.165, 1.54) is 12.2 Å². The maximum absolute atomic E-state index is 11.3. The fourth-order valence-electron chi connectivity index (χ4n) is 1.31. The van der Waals surface area contributed by atoms with Crippen molar-refractivity contribution in [2.24, 2.45) is 5.73 Å². The van der Waals surface area contributed by atoms with E-state index in [9.17, 15) is 9.59 Å². The molecular weight excluding hydrogens is 266 g/mol. The monoisotopic (exact) mass is 289 g/mol. The zero-order valence-electron chi connectivity index (χ0n) is 12.1. The fourth-order valence-corrected chi connectivity index (χ4v) is 2.40. The van der Waals surface area contributed by atoms with Crippen LogP contribution in [0.5, 0.6) is 0 Å². The third-order valence-electron chi connectivity index (χ3n) is 1.96. The predicted octanol–water partition coefficient (Wildman–Crippen LogP) is 1.81. The molecule has 2 N–H and O–H groups in total. The summed E-state index contributed by atoms with van der Waals surface area (Å²) in [5.41, 5.74) is 4.98. The van der Waals surface area contributed by atoms with Crippen LogP contribution < -0.4 is 5.73 Å². The molecule has 0 rings (SSSR count). The van der Waals surface area contributed by atoms with Gasteiger partial charge in [-0.2, -0.15) is 0 Å². The van der Waals surface area contributed by atoms with Gasteiger partial charge in [0.05, 0.1) is 6.61 Å². The molecule has 0 unspecified atom stereocenters. The first-order chi connectivity index (χ1) is 8.65. The Kier molecular flexibility index (Phi) is 7.39. The third-order valence-corrected chi connectivity index (χ3v) is 2.94. The lowest BCUT2D eigenvalue weighted by Crippen LogP contribution is -2.39. The summed E-state index contributed by atoms with van der Waals surface area (Å²) in [4.78, 5) is 22.0. The van der Waals surface area contributed by atoms with Crippen LogP contribution in [0.25, 0.3) is 0 Å². The lowest BCUT2D eigenvalue weighted by atomic mass is 10.2. The number of nitrogens with two attached hydrogens (primary N) is 1. The Morgan fingerprint density at radius 3 is 2.32 bits per heavy atom. The average molecular weight is 289 g/mol. The molecule has 2 atom stereocenters. The molecule has 110 valence electrons. The molecule has 0 heterocycles. The van der Waals surface area contributed by atoms with E-state index < -0.39 is 32.6 Å². The molecular formula is C12H23NO5Si. The Balaban J connectivity index is 4.76. The molecule has 0 aromatic carbocycles. The van der Waals surface area contributed by atoms with E-state index in [1.807, 2.05) is 19.6 Å². The van der Waals surface area contributed by atoms with Crippen molar-refractivity contribution < 1.29 is 23.5 Å². The van der Waals surface area contributed by atoms with Gasteiger partial charge in [0.2, 0.25) is 0 Å². The second-order valence-electron chi connectivity index (χ2n) is 4.95. The zero-order valence-corrected chi connectivity index (χ0v) is 13.1. The minimum Gasteiger partial charge on any atom is -0.463 e. The minimum atomic E-state index is -1.86. The van der Waals surface area contributed by atoms with Crippen molar-refractivity contribution in [1.82, 2.24) is 0 Å². The summed E-state index contributed by atoms with van der Waals surface area (Å²) in [5, 5.41) is 0. The lowest BCUT2D eigenvalue weighted by Gasteiger charge is -2.28. The predicted molar refractivity (Wildman–Crippen MR) is 74.1 cm³/mol. The minimum absolute atomic E-state index is 0.302. The van der Waals surface area contributed by atoms with Crippen molar-refractivity contribution in [1.29, 1.82) is 0 Å². The zero-order chi connectivity index (χ0) is 15.1. The highest BCUT2D eigenvalue weighted by Gasteiger charge is 2.25. The number of carbonyl (C=O) groups excluding carboxylic acids is 2. The Bertz CT molecular complexity index is 338. The van der Waals surface area contributed by atoms with Crippen molar-refractivity contribution in [3.05, 3.63) is 12.2 Å². The van der Waals surface area contributed by atoms with E-state index >= 15 is 0 Å². The highest BCUT2D eigenvalue weighted by Crippen LogP contribution is 2.14. The SMILES string of the molecule is CCOC(=O)/C=C/[C@H](O[Si](C)(C)C)[C@H](C)OC(N)=O. The van der Waals surface area contributed by atoms with Crippen LogP contribution in [0, 0.1) is 0 Å². The molecule has 0 saturated carbocycles. The summed E-state index contributed by atoms with van der Waals surface area (Å²) >= 11 is 0. The van der Waals surface area contributed by atoms with Crippen LogP contribution in [-0.4, -0.2) is 39.2 Å². The highest BCUT2D eigenvalue weighted by molar-refractivity contribution is 6.69. The normalized spacial score (nSPS) is 15.0. The number of esters is 1. The highest BCUT2D eigenvalue weighted by atomic mass is 28.4. The van der Waals surface area contributed by atoms with Gasteiger partial charge >= 0.3 is 12.1 Å². The topological polar surface area (TPSA) is 87.8 Å². The molecule has 0 radical (unpaired) electrons. The van der Waals surface area contributed by atoms with E-state index in [0.29, 0.717) is 6.61 Å². The fraction of sp³-hybridized carbons (Fsp3) is 0.667. The van der Waals surface area contributed by atoms with Gasteiger partial charge in [0.25, 0.3) is 0 Å². The summed E-state index contributed by atoms with van der Waals surface area (Å²) in [6, 6.07) is 0. The Morgan fingerprint density at radius 1 is 1.32 bits per heavy atom. The Morgan fingerprint density at radius 2 is 1.89 bits per heavy atom. The number of primary amides is 1. The van der Waals surface area contributed by atoms with Gasteiger partial charge in [0, 0.05) is 6.08 Å². The van der Waals surface area contributed by atoms with Crippen LogP contribution in [0.2, 0.25) is 19.6 Å². The number of amides is 1. The molecule has 0 aromatic heterocycles. The van der Waals surface area contributed by atoms with Gasteiger partial charge in [0.1, 0.15) is 12.2 Å². The van der Waals surface area contributed by atoms with Crippen molar-refractivity contribution >= 4 is 20.4 Å². The van der Waals surface area contributed by atoms with E-state index in [1.54, 1.807) is 13.8 Å². The quantitative estimate of drug-likeness (QED) is 0.439. The third kappa shape index (κ3) is 9.26. The van der Waals surface area contributed by atoms with E-state index in [0.717, 1.165) is 0 Å². The van der Waals surface area contributed by atoms with Gasteiger partial charge < -0.3 is 19.6 Å². The van der Waals surface area contributed by atoms with E-state index in [4.69, 9.17) is 19.6 Å². The molecule has 7 heteroatoms. The van der Waals surface area contributed by atoms with Gasteiger partial charge in [-0.3, -0.25) is 0 Å². The maximum atomic E-state index is 11.3. The van der Waals surface area contributed by atoms with Crippen molar-refractivity contribution in [3.63, 3.8) is 0 Å². The summed E-state index contributed by atoms with van der Waals surface area (Å²) in [6.45, 7) is 9.67. The molecule has 0 aromatic rings. The van der Waals surface area contributed by atoms with Crippen LogP contribution in [-0.2, 0) is 18.7 Å². The standard InChI is InChI=1S/C12H23NO5Si/c1-6-16-11(14)8-7-10(18-19(3,4)5)9(2)17-12(13)15/h7-10H,6H2,1-5H3,(H2,13,15)/b8-7+/t9-,10-/m0/s1. The number of ether oxygens (including phenoxy) is 2. The molecule has 0 spiro atoms. The Labute approximate surface area is 115 Å². The Hall–Kier alpha value is -1.34. The molecule has 0 fully saturated rings. The summed E-state index contributed by atoms with van der Waals surface area (Å²) in [6.07, 6.45) is 0.832. The van der Waals surface area contributed by atoms with Crippen LogP contribution >= 0.6 is 0 Å². The number of carbonyl (C=O) groups is 2. The maximum Gasteiger partial charge on any atom is 0.404 e. The smallest absolute Gasteiger partial charge is 0.404 e. The van der Waals surface area contributed by atoms with Crippen molar-refractivity contribution in [3.8, 4) is 0 Å². The lowest BCUT2D eigenvalue weighted by molar-refractivity contribution is -0.137. The molecule has 1 amide bonds. The van der Waals surface area contributed by atoms with Crippen LogP contribution in [0.15, 0.2) is 12.2 Å². The van der Waals surface area contributed by atoms with Crippen LogP contribution in [0.1, 0.15) is 13.8 Å². The first kappa shape index (κ1) is 17.7. The van der Waals surface area contributed by atoms with Crippen molar-refractivity contribution in [2.75, 3.05) is 6.61 Å². The van der Waals surface area contributed by atoms with Gasteiger partial charge in [0.15, 0.2) is 8.32 Å². The summed E-state index contributed by atoms with van der Waals surface area (Å²) < 4.78 is 15.5. The van der Waals surface area contributed by atoms with Gasteiger partial charge in [-0.1, -0.05) is 0 Å². The number of hydrogen-bond acceptors (Lipinski definition) is 5.